The van der Waals surface area contributed by atoms with Crippen molar-refractivity contribution < 1.29 is 46.2 Å². The van der Waals surface area contributed by atoms with Crippen LogP contribution in [0.3, 0.4) is 0 Å². The third kappa shape index (κ3) is 7.77. The van der Waals surface area contributed by atoms with Crippen LogP contribution in [0.5, 0.6) is 0 Å². The molecule has 5 unspecified atom stereocenters. The van der Waals surface area contributed by atoms with Crippen molar-refractivity contribution >= 4 is 13.0 Å². The molecule has 0 radical (unpaired) electrons. The van der Waals surface area contributed by atoms with Crippen molar-refractivity contribution in [2.45, 2.75) is 61.8 Å². The Hall–Kier alpha value is -0.962. The Morgan fingerprint density at radius 1 is 0.912 bits per heavy atom. The van der Waals surface area contributed by atoms with Gasteiger partial charge in [-0.15, -0.1) is 17.9 Å². The van der Waals surface area contributed by atoms with E-state index < -0.39 is 7.25 Å². The Labute approximate surface area is 215 Å². The SMILES string of the molecule is CC(=O)C1[CH-][C@H]2C=C[C@@H]1C2.CC1=C(C)C2C(C)C(C)C(C)C2C(C)=C1C.F[B-](F)(F)F.[C-]#[O+].[Rh+3]. The number of ketones is 1. The van der Waals surface area contributed by atoms with Crippen LogP contribution in [0.25, 0.3) is 0 Å². The third-order valence-corrected chi connectivity index (χ3v) is 8.46. The summed E-state index contributed by atoms with van der Waals surface area (Å²) in [5.41, 5.74) is 6.45. The fourth-order valence-electron chi connectivity index (χ4n) is 6.22. The molecule has 0 aliphatic heterocycles. The Bertz CT molecular complexity index is 788. The molecule has 7 atom stereocenters. The van der Waals surface area contributed by atoms with E-state index in [2.05, 4.69) is 73.7 Å². The Kier molecular flexibility index (Phi) is 13.0. The number of hydrogen-bond donors (Lipinski definition) is 0. The summed E-state index contributed by atoms with van der Waals surface area (Å²) in [6.07, 6.45) is 7.78. The van der Waals surface area contributed by atoms with E-state index in [4.69, 9.17) is 4.65 Å². The van der Waals surface area contributed by atoms with Gasteiger partial charge in [-0.05, 0) is 81.3 Å². The standard InChI is InChI=1S/C16H26.C9H11O.CO.BF4.Rh/c1-8-9(2)12(5)16-14(7)10(3)13(6)15(16)11(8)4;1-6(10)9-5-7-2-3-8(9)4-7;1-2;2-1(3,4)5;/h10,13-16H,1-7H3;2-3,5,7-9H,4H2,1H3;;;/q;-1;;-1;+3/t;7-,8+,9?;;;/m.0.../s1. The van der Waals surface area contributed by atoms with Gasteiger partial charge < -0.3 is 28.5 Å². The van der Waals surface area contributed by atoms with E-state index >= 15 is 0 Å². The minimum Gasteiger partial charge on any atom is 3.00 e. The minimum atomic E-state index is -6.00. The van der Waals surface area contributed by atoms with Crippen LogP contribution >= 0.6 is 0 Å². The van der Waals surface area contributed by atoms with Crippen molar-refractivity contribution in [1.29, 1.82) is 0 Å². The summed E-state index contributed by atoms with van der Waals surface area (Å²) in [7, 11) is -6.00. The normalized spacial score (nSPS) is 35.1. The molecule has 0 spiro atoms. The molecular weight excluding hydrogens is 534 g/mol. The summed E-state index contributed by atoms with van der Waals surface area (Å²) >= 11 is 0. The van der Waals surface area contributed by atoms with E-state index in [0.717, 1.165) is 29.6 Å². The molecule has 0 N–H and O–H groups in total. The van der Waals surface area contributed by atoms with Crippen molar-refractivity contribution in [3.8, 4) is 0 Å². The van der Waals surface area contributed by atoms with E-state index in [-0.39, 0.29) is 25.4 Å². The maximum atomic E-state index is 11.0. The average molecular weight is 571 g/mol. The number of hydrogen-bond acceptors (Lipinski definition) is 1. The van der Waals surface area contributed by atoms with Gasteiger partial charge >= 0.3 is 38.0 Å². The van der Waals surface area contributed by atoms with Crippen molar-refractivity contribution in [1.82, 2.24) is 0 Å². The number of fused-ring (bicyclic) bond motifs is 3. The van der Waals surface area contributed by atoms with Gasteiger partial charge in [-0.3, -0.25) is 0 Å². The van der Waals surface area contributed by atoms with Gasteiger partial charge in [0.1, 0.15) is 5.78 Å². The van der Waals surface area contributed by atoms with Crippen LogP contribution in [0.4, 0.5) is 17.3 Å². The topological polar surface area (TPSA) is 37.0 Å². The molecule has 2 fully saturated rings. The van der Waals surface area contributed by atoms with Crippen LogP contribution in [0.2, 0.25) is 0 Å². The van der Waals surface area contributed by atoms with E-state index in [1.165, 1.54) is 6.42 Å². The first-order valence-electron chi connectivity index (χ1n) is 11.6. The Morgan fingerprint density at radius 3 is 1.53 bits per heavy atom. The monoisotopic (exact) mass is 571 g/mol. The van der Waals surface area contributed by atoms with Crippen LogP contribution in [-0.2, 0) is 28.9 Å². The second-order valence-corrected chi connectivity index (χ2v) is 10.0. The second-order valence-electron chi connectivity index (χ2n) is 10.0. The number of carbonyl (C=O) groups is 1. The first kappa shape index (κ1) is 33.0. The predicted octanol–water partition coefficient (Wildman–Crippen LogP) is 7.69. The summed E-state index contributed by atoms with van der Waals surface area (Å²) in [6, 6.07) is 0. The first-order chi connectivity index (χ1) is 15.1. The number of rotatable bonds is 1. The van der Waals surface area contributed by atoms with Crippen LogP contribution in [-0.4, -0.2) is 13.0 Å². The van der Waals surface area contributed by atoms with Crippen molar-refractivity contribution in [2.24, 2.45) is 47.3 Å². The van der Waals surface area contributed by atoms with Crippen LogP contribution in [0, 0.1) is 60.4 Å². The molecule has 192 valence electrons. The summed E-state index contributed by atoms with van der Waals surface area (Å²) in [5, 5.41) is 0. The van der Waals surface area contributed by atoms with Crippen molar-refractivity contribution in [3.63, 3.8) is 0 Å². The van der Waals surface area contributed by atoms with Crippen LogP contribution in [0.1, 0.15) is 61.8 Å². The molecule has 4 aliphatic carbocycles. The Balaban J connectivity index is 0.000000519. The summed E-state index contributed by atoms with van der Waals surface area (Å²) in [4.78, 5) is 11.0. The molecule has 0 heterocycles. The van der Waals surface area contributed by atoms with Crippen LogP contribution < -0.4 is 0 Å². The fraction of sp³-hybridized carbons (Fsp3) is 0.654. The predicted molar refractivity (Wildman–Crippen MR) is 125 cm³/mol. The number of carbonyl (C=O) groups excluding carboxylic acids is 1. The quantitative estimate of drug-likeness (QED) is 0.105. The minimum absolute atomic E-state index is 0. The van der Waals surface area contributed by atoms with Gasteiger partial charge in [-0.1, -0.05) is 44.4 Å². The summed E-state index contributed by atoms with van der Waals surface area (Å²) < 4.78 is 46.5. The van der Waals surface area contributed by atoms with Gasteiger partial charge in [0.25, 0.3) is 0 Å². The second kappa shape index (κ2) is 13.4. The van der Waals surface area contributed by atoms with Gasteiger partial charge in [0.05, 0.1) is 0 Å². The fourth-order valence-corrected chi connectivity index (χ4v) is 6.22. The maximum absolute atomic E-state index is 11.0. The Morgan fingerprint density at radius 2 is 1.29 bits per heavy atom. The van der Waals surface area contributed by atoms with Crippen LogP contribution in [0.15, 0.2) is 34.4 Å². The van der Waals surface area contributed by atoms with E-state index in [1.807, 2.05) is 0 Å². The van der Waals surface area contributed by atoms with Gasteiger partial charge in [0.2, 0.25) is 0 Å². The zero-order valence-electron chi connectivity index (χ0n) is 21.3. The first-order valence-corrected chi connectivity index (χ1v) is 11.6. The van der Waals surface area contributed by atoms with Gasteiger partial charge in [0, 0.05) is 0 Å². The van der Waals surface area contributed by atoms with Crippen molar-refractivity contribution in [3.05, 3.63) is 47.5 Å². The molecule has 2 bridgehead atoms. The molecule has 0 amide bonds. The largest absolute Gasteiger partial charge is 3.00 e. The van der Waals surface area contributed by atoms with Crippen molar-refractivity contribution in [2.75, 3.05) is 0 Å². The molecular formula is C26H37BF4O2Rh+. The van der Waals surface area contributed by atoms with E-state index in [0.29, 0.717) is 17.6 Å². The molecule has 0 saturated heterocycles. The molecule has 4 aliphatic rings. The number of Topliss-reactive ketones (excluding diaryl/α,β-unsaturated/α-hetero) is 1. The molecule has 34 heavy (non-hydrogen) atoms. The van der Waals surface area contributed by atoms with E-state index in [9.17, 15) is 22.1 Å². The molecule has 4 rings (SSSR count). The van der Waals surface area contributed by atoms with Gasteiger partial charge in [0.15, 0.2) is 0 Å². The maximum Gasteiger partial charge on any atom is 3.00 e. The molecule has 0 aromatic carbocycles. The van der Waals surface area contributed by atoms with Gasteiger partial charge in [-0.2, -0.15) is 0 Å². The molecule has 2 saturated carbocycles. The zero-order chi connectivity index (χ0) is 25.8. The molecule has 8 heteroatoms. The zero-order valence-corrected chi connectivity index (χ0v) is 22.9. The third-order valence-electron chi connectivity index (χ3n) is 8.46. The summed E-state index contributed by atoms with van der Waals surface area (Å²) in [6.45, 7) is 22.9. The smallest absolute Gasteiger partial charge is 3.00 e. The number of allylic oxidation sites excluding steroid dienone is 6. The van der Waals surface area contributed by atoms with E-state index in [1.54, 1.807) is 29.2 Å². The van der Waals surface area contributed by atoms with Gasteiger partial charge in [-0.25, -0.2) is 0 Å². The molecule has 2 nitrogen and oxygen atoms in total. The number of halogens is 4. The summed E-state index contributed by atoms with van der Waals surface area (Å²) in [5.74, 6) is 5.91. The average Bonchev–Trinajstić information content (AvgIpc) is 3.42. The molecule has 0 aromatic rings. The molecule has 0 aromatic heterocycles.